The molecule has 2 N–H and O–H groups in total. The summed E-state index contributed by atoms with van der Waals surface area (Å²) in [6.07, 6.45) is -0.113. The van der Waals surface area contributed by atoms with Crippen LogP contribution in [-0.2, 0) is 0 Å². The molecule has 0 aromatic carbocycles. The Bertz CT molecular complexity index is 161. The molecule has 1 unspecified atom stereocenters. The number of aliphatic hydroxyl groups excluding tert-OH is 1. The number of piperidine rings is 1. The van der Waals surface area contributed by atoms with Gasteiger partial charge in [0.1, 0.15) is 12.6 Å². The Labute approximate surface area is 81.9 Å². The van der Waals surface area contributed by atoms with Crippen LogP contribution in [0, 0.1) is 11.8 Å². The van der Waals surface area contributed by atoms with Gasteiger partial charge in [0.05, 0.1) is 12.1 Å². The summed E-state index contributed by atoms with van der Waals surface area (Å²) in [5, 5.41) is 9.86. The summed E-state index contributed by atoms with van der Waals surface area (Å²) >= 11 is 0. The predicted molar refractivity (Wildman–Crippen MR) is 54.8 cm³/mol. The summed E-state index contributed by atoms with van der Waals surface area (Å²) in [6, 6.07) is 0. The molecular formula is C11H24NO+. The average molecular weight is 186 g/mol. The Morgan fingerprint density at radius 1 is 1.15 bits per heavy atom. The zero-order valence-corrected chi connectivity index (χ0v) is 9.59. The second kappa shape index (κ2) is 3.58. The third kappa shape index (κ3) is 2.44. The standard InChI is InChI=1S/C11H23NO/c1-8-6-12(11(3,4)5)7-10(13)9(8)2/h8-10,13H,6-7H2,1-5H3/p+1/t8-,9+,10-/m0/s1. The second-order valence-corrected chi connectivity index (χ2v) is 5.67. The van der Waals surface area contributed by atoms with Crippen molar-refractivity contribution in [3.05, 3.63) is 0 Å². The molecule has 1 heterocycles. The molecule has 2 heteroatoms. The first-order valence-corrected chi connectivity index (χ1v) is 5.35. The number of nitrogens with one attached hydrogen (secondary N) is 1. The van der Waals surface area contributed by atoms with Gasteiger partial charge < -0.3 is 10.0 Å². The Hall–Kier alpha value is -0.0800. The van der Waals surface area contributed by atoms with Crippen molar-refractivity contribution in [1.82, 2.24) is 0 Å². The summed E-state index contributed by atoms with van der Waals surface area (Å²) in [5.41, 5.74) is 0.273. The third-order valence-electron chi connectivity index (χ3n) is 3.59. The molecule has 1 aliphatic heterocycles. The normalized spacial score (nSPS) is 42.0. The van der Waals surface area contributed by atoms with Crippen molar-refractivity contribution in [2.75, 3.05) is 13.1 Å². The Morgan fingerprint density at radius 2 is 1.69 bits per heavy atom. The lowest BCUT2D eigenvalue weighted by Gasteiger charge is -2.42. The molecule has 0 spiro atoms. The molecule has 0 aromatic rings. The van der Waals surface area contributed by atoms with Gasteiger partial charge in [0.2, 0.25) is 0 Å². The first-order valence-electron chi connectivity index (χ1n) is 5.35. The van der Waals surface area contributed by atoms with E-state index < -0.39 is 0 Å². The Morgan fingerprint density at radius 3 is 2.08 bits per heavy atom. The summed E-state index contributed by atoms with van der Waals surface area (Å²) in [7, 11) is 0. The van der Waals surface area contributed by atoms with Crippen LogP contribution in [0.5, 0.6) is 0 Å². The number of hydrogen-bond acceptors (Lipinski definition) is 1. The zero-order valence-electron chi connectivity index (χ0n) is 9.59. The SMILES string of the molecule is C[C@@H]1[C@@H](C)C[NH+](C(C)(C)C)C[C@@H]1O. The van der Waals surface area contributed by atoms with Crippen LogP contribution in [0.4, 0.5) is 0 Å². The number of hydrogen-bond donors (Lipinski definition) is 2. The molecule has 0 bridgehead atoms. The molecule has 0 aromatic heterocycles. The highest BCUT2D eigenvalue weighted by molar-refractivity contribution is 4.75. The van der Waals surface area contributed by atoms with E-state index in [9.17, 15) is 5.11 Å². The predicted octanol–water partition coefficient (Wildman–Crippen LogP) is 0.317. The Balaban J connectivity index is 2.64. The van der Waals surface area contributed by atoms with Crippen LogP contribution in [0.3, 0.4) is 0 Å². The topological polar surface area (TPSA) is 24.7 Å². The lowest BCUT2D eigenvalue weighted by molar-refractivity contribution is -0.958. The van der Waals surface area contributed by atoms with Gasteiger partial charge in [-0.05, 0) is 26.7 Å². The smallest absolute Gasteiger partial charge is 0.106 e. The monoisotopic (exact) mass is 186 g/mol. The quantitative estimate of drug-likeness (QED) is 0.559. The summed E-state index contributed by atoms with van der Waals surface area (Å²) in [5.74, 6) is 1.10. The van der Waals surface area contributed by atoms with Crippen LogP contribution in [0.1, 0.15) is 34.6 Å². The largest absolute Gasteiger partial charge is 0.387 e. The highest BCUT2D eigenvalue weighted by Crippen LogP contribution is 2.17. The van der Waals surface area contributed by atoms with Crippen molar-refractivity contribution < 1.29 is 10.0 Å². The van der Waals surface area contributed by atoms with Gasteiger partial charge in [-0.3, -0.25) is 0 Å². The van der Waals surface area contributed by atoms with Gasteiger partial charge in [-0.1, -0.05) is 13.8 Å². The minimum atomic E-state index is -0.113. The fourth-order valence-corrected chi connectivity index (χ4v) is 2.09. The molecule has 1 rings (SSSR count). The number of aliphatic hydroxyl groups is 1. The summed E-state index contributed by atoms with van der Waals surface area (Å²) in [6.45, 7) is 13.3. The van der Waals surface area contributed by atoms with Gasteiger partial charge in [-0.15, -0.1) is 0 Å². The first-order chi connectivity index (χ1) is 5.82. The van der Waals surface area contributed by atoms with Gasteiger partial charge in [0.25, 0.3) is 0 Å². The molecule has 0 amide bonds. The van der Waals surface area contributed by atoms with Crippen LogP contribution in [0.25, 0.3) is 0 Å². The highest BCUT2D eigenvalue weighted by atomic mass is 16.3. The van der Waals surface area contributed by atoms with E-state index >= 15 is 0 Å². The Kier molecular flexibility index (Phi) is 3.03. The van der Waals surface area contributed by atoms with Gasteiger partial charge in [-0.25, -0.2) is 0 Å². The molecule has 1 fully saturated rings. The maximum absolute atomic E-state index is 9.86. The molecule has 0 radical (unpaired) electrons. The molecule has 1 aliphatic rings. The van der Waals surface area contributed by atoms with Gasteiger partial charge in [0.15, 0.2) is 0 Å². The van der Waals surface area contributed by atoms with E-state index in [1.54, 1.807) is 0 Å². The van der Waals surface area contributed by atoms with E-state index in [2.05, 4.69) is 34.6 Å². The van der Waals surface area contributed by atoms with E-state index in [1.807, 2.05) is 0 Å². The van der Waals surface area contributed by atoms with Crippen molar-refractivity contribution >= 4 is 0 Å². The van der Waals surface area contributed by atoms with E-state index in [0.29, 0.717) is 11.8 Å². The fourth-order valence-electron chi connectivity index (χ4n) is 2.09. The van der Waals surface area contributed by atoms with Crippen LogP contribution >= 0.6 is 0 Å². The molecular weight excluding hydrogens is 162 g/mol. The summed E-state index contributed by atoms with van der Waals surface area (Å²) < 4.78 is 0. The van der Waals surface area contributed by atoms with Crippen LogP contribution in [-0.4, -0.2) is 29.8 Å². The first kappa shape index (κ1) is 11.0. The maximum atomic E-state index is 9.86. The number of quaternary nitrogens is 1. The van der Waals surface area contributed by atoms with Crippen molar-refractivity contribution in [3.63, 3.8) is 0 Å². The number of likely N-dealkylation sites (tertiary alicyclic amines) is 1. The van der Waals surface area contributed by atoms with E-state index in [1.165, 1.54) is 11.4 Å². The zero-order chi connectivity index (χ0) is 10.2. The van der Waals surface area contributed by atoms with Crippen molar-refractivity contribution in [2.24, 2.45) is 11.8 Å². The molecule has 78 valence electrons. The third-order valence-corrected chi connectivity index (χ3v) is 3.59. The van der Waals surface area contributed by atoms with Crippen molar-refractivity contribution in [1.29, 1.82) is 0 Å². The average Bonchev–Trinajstić information content (AvgIpc) is 1.97. The van der Waals surface area contributed by atoms with Crippen molar-refractivity contribution in [3.8, 4) is 0 Å². The van der Waals surface area contributed by atoms with E-state index in [4.69, 9.17) is 0 Å². The minimum Gasteiger partial charge on any atom is -0.387 e. The fraction of sp³-hybridized carbons (Fsp3) is 1.00. The molecule has 0 aliphatic carbocycles. The highest BCUT2D eigenvalue weighted by Gasteiger charge is 2.38. The van der Waals surface area contributed by atoms with Crippen LogP contribution in [0.2, 0.25) is 0 Å². The van der Waals surface area contributed by atoms with E-state index in [-0.39, 0.29) is 11.6 Å². The van der Waals surface area contributed by atoms with Gasteiger partial charge in [-0.2, -0.15) is 0 Å². The molecule has 13 heavy (non-hydrogen) atoms. The molecule has 1 saturated heterocycles. The molecule has 0 saturated carbocycles. The minimum absolute atomic E-state index is 0.113. The van der Waals surface area contributed by atoms with Gasteiger partial charge in [0, 0.05) is 5.92 Å². The number of rotatable bonds is 0. The van der Waals surface area contributed by atoms with Gasteiger partial charge >= 0.3 is 0 Å². The lowest BCUT2D eigenvalue weighted by Crippen LogP contribution is -3.21. The summed E-state index contributed by atoms with van der Waals surface area (Å²) in [4.78, 5) is 1.53. The van der Waals surface area contributed by atoms with Crippen molar-refractivity contribution in [2.45, 2.75) is 46.3 Å². The van der Waals surface area contributed by atoms with Crippen LogP contribution < -0.4 is 4.90 Å². The molecule has 2 nitrogen and oxygen atoms in total. The van der Waals surface area contributed by atoms with E-state index in [0.717, 1.165) is 6.54 Å². The maximum Gasteiger partial charge on any atom is 0.106 e. The lowest BCUT2D eigenvalue weighted by atomic mass is 9.84. The molecule has 4 atom stereocenters. The second-order valence-electron chi connectivity index (χ2n) is 5.67. The van der Waals surface area contributed by atoms with Crippen LogP contribution in [0.15, 0.2) is 0 Å².